The molecule has 0 aliphatic heterocycles. The molecular formula is C23H28N2O. The van der Waals surface area contributed by atoms with Crippen molar-refractivity contribution in [1.29, 1.82) is 0 Å². The first-order valence-corrected chi connectivity index (χ1v) is 9.37. The number of aromatic nitrogens is 2. The van der Waals surface area contributed by atoms with Crippen molar-refractivity contribution in [2.75, 3.05) is 7.11 Å². The summed E-state index contributed by atoms with van der Waals surface area (Å²) in [4.78, 5) is 4.19. The largest absolute Gasteiger partial charge is 0.497 e. The lowest BCUT2D eigenvalue weighted by atomic mass is 9.92. The molecule has 0 N–H and O–H groups in total. The predicted molar refractivity (Wildman–Crippen MR) is 107 cm³/mol. The number of hydrogen-bond acceptors (Lipinski definition) is 2. The highest BCUT2D eigenvalue weighted by Gasteiger charge is 2.11. The van der Waals surface area contributed by atoms with Crippen LogP contribution in [0.25, 0.3) is 0 Å². The Balaban J connectivity index is 1.59. The van der Waals surface area contributed by atoms with Crippen LogP contribution in [0, 0.1) is 12.8 Å². The SMILES string of the molecule is COc1ccc(CCC(CCc2ccc(C)cc2)Cn2ccnc2)cc1. The van der Waals surface area contributed by atoms with Gasteiger partial charge in [-0.25, -0.2) is 4.98 Å². The first-order valence-electron chi connectivity index (χ1n) is 9.37. The monoisotopic (exact) mass is 348 g/mol. The average molecular weight is 348 g/mol. The minimum absolute atomic E-state index is 0.632. The topological polar surface area (TPSA) is 27.1 Å². The number of imidazole rings is 1. The molecule has 1 aromatic heterocycles. The van der Waals surface area contributed by atoms with Gasteiger partial charge in [0.05, 0.1) is 13.4 Å². The van der Waals surface area contributed by atoms with Gasteiger partial charge in [-0.3, -0.25) is 0 Å². The van der Waals surface area contributed by atoms with E-state index in [2.05, 4.69) is 59.1 Å². The Labute approximate surface area is 156 Å². The van der Waals surface area contributed by atoms with E-state index >= 15 is 0 Å². The summed E-state index contributed by atoms with van der Waals surface area (Å²) in [5.41, 5.74) is 4.12. The maximum Gasteiger partial charge on any atom is 0.118 e. The van der Waals surface area contributed by atoms with Crippen molar-refractivity contribution < 1.29 is 4.74 Å². The zero-order valence-corrected chi connectivity index (χ0v) is 15.8. The molecule has 3 rings (SSSR count). The van der Waals surface area contributed by atoms with Gasteiger partial charge in [-0.05, 0) is 61.8 Å². The number of nitrogens with zero attached hydrogens (tertiary/aromatic N) is 2. The third kappa shape index (κ3) is 5.48. The molecule has 1 heterocycles. The first kappa shape index (κ1) is 18.2. The summed E-state index contributed by atoms with van der Waals surface area (Å²) in [5, 5.41) is 0. The van der Waals surface area contributed by atoms with E-state index in [4.69, 9.17) is 4.74 Å². The first-order chi connectivity index (χ1) is 12.7. The van der Waals surface area contributed by atoms with Crippen LogP contribution in [0.2, 0.25) is 0 Å². The number of benzene rings is 2. The second kappa shape index (κ2) is 9.23. The molecule has 2 aromatic carbocycles. The van der Waals surface area contributed by atoms with Gasteiger partial charge in [0.25, 0.3) is 0 Å². The maximum atomic E-state index is 5.25. The molecule has 1 atom stereocenters. The van der Waals surface area contributed by atoms with Gasteiger partial charge in [0, 0.05) is 18.9 Å². The van der Waals surface area contributed by atoms with Crippen LogP contribution in [0.1, 0.15) is 29.5 Å². The molecule has 0 spiro atoms. The highest BCUT2D eigenvalue weighted by atomic mass is 16.5. The van der Waals surface area contributed by atoms with Crippen molar-refractivity contribution in [2.45, 2.75) is 39.2 Å². The van der Waals surface area contributed by atoms with Crippen LogP contribution in [-0.2, 0) is 19.4 Å². The lowest BCUT2D eigenvalue weighted by molar-refractivity contribution is 0.388. The highest BCUT2D eigenvalue weighted by molar-refractivity contribution is 5.27. The summed E-state index contributed by atoms with van der Waals surface area (Å²) in [7, 11) is 1.71. The van der Waals surface area contributed by atoms with Gasteiger partial charge < -0.3 is 9.30 Å². The molecule has 3 aromatic rings. The summed E-state index contributed by atoms with van der Waals surface area (Å²) in [6, 6.07) is 17.4. The van der Waals surface area contributed by atoms with Crippen LogP contribution in [0.5, 0.6) is 5.75 Å². The normalized spacial score (nSPS) is 12.1. The molecule has 0 saturated carbocycles. The van der Waals surface area contributed by atoms with Gasteiger partial charge in [-0.1, -0.05) is 42.0 Å². The molecule has 136 valence electrons. The fourth-order valence-corrected chi connectivity index (χ4v) is 3.31. The van der Waals surface area contributed by atoms with E-state index < -0.39 is 0 Å². The average Bonchev–Trinajstić information content (AvgIpc) is 3.19. The Morgan fingerprint density at radius 2 is 1.54 bits per heavy atom. The van der Waals surface area contributed by atoms with Gasteiger partial charge in [0.1, 0.15) is 5.75 Å². The lowest BCUT2D eigenvalue weighted by Gasteiger charge is -2.18. The van der Waals surface area contributed by atoms with Crippen LogP contribution >= 0.6 is 0 Å². The van der Waals surface area contributed by atoms with Crippen molar-refractivity contribution >= 4 is 0 Å². The second-order valence-electron chi connectivity index (χ2n) is 7.04. The van der Waals surface area contributed by atoms with Gasteiger partial charge >= 0.3 is 0 Å². The molecule has 0 aliphatic carbocycles. The van der Waals surface area contributed by atoms with Crippen LogP contribution in [-0.4, -0.2) is 16.7 Å². The molecule has 3 nitrogen and oxygen atoms in total. The Morgan fingerprint density at radius 3 is 2.08 bits per heavy atom. The number of hydrogen-bond donors (Lipinski definition) is 0. The van der Waals surface area contributed by atoms with E-state index in [1.54, 1.807) is 7.11 Å². The minimum atomic E-state index is 0.632. The Bertz CT molecular complexity index is 761. The predicted octanol–water partition coefficient (Wildman–Crippen LogP) is 5.08. The molecule has 1 unspecified atom stereocenters. The van der Waals surface area contributed by atoms with Gasteiger partial charge in [0.2, 0.25) is 0 Å². The Kier molecular flexibility index (Phi) is 6.48. The third-order valence-corrected chi connectivity index (χ3v) is 4.99. The molecular weight excluding hydrogens is 320 g/mol. The summed E-state index contributed by atoms with van der Waals surface area (Å²) in [6.45, 7) is 3.17. The van der Waals surface area contributed by atoms with Crippen molar-refractivity contribution in [1.82, 2.24) is 9.55 Å². The minimum Gasteiger partial charge on any atom is -0.497 e. The fourth-order valence-electron chi connectivity index (χ4n) is 3.31. The number of rotatable bonds is 9. The van der Waals surface area contributed by atoms with Gasteiger partial charge in [0.15, 0.2) is 0 Å². The van der Waals surface area contributed by atoms with Crippen LogP contribution < -0.4 is 4.74 Å². The smallest absolute Gasteiger partial charge is 0.118 e. The molecule has 26 heavy (non-hydrogen) atoms. The van der Waals surface area contributed by atoms with Crippen molar-refractivity contribution in [3.63, 3.8) is 0 Å². The van der Waals surface area contributed by atoms with Crippen LogP contribution in [0.4, 0.5) is 0 Å². The highest BCUT2D eigenvalue weighted by Crippen LogP contribution is 2.20. The Morgan fingerprint density at radius 1 is 0.923 bits per heavy atom. The Hall–Kier alpha value is -2.55. The molecule has 3 heteroatoms. The van der Waals surface area contributed by atoms with E-state index in [1.807, 2.05) is 24.7 Å². The summed E-state index contributed by atoms with van der Waals surface area (Å²) < 4.78 is 7.45. The van der Waals surface area contributed by atoms with E-state index in [0.29, 0.717) is 5.92 Å². The molecule has 0 bridgehead atoms. The zero-order valence-electron chi connectivity index (χ0n) is 15.8. The lowest BCUT2D eigenvalue weighted by Crippen LogP contribution is -2.12. The van der Waals surface area contributed by atoms with E-state index in [-0.39, 0.29) is 0 Å². The number of methoxy groups -OCH3 is 1. The summed E-state index contributed by atoms with van der Waals surface area (Å²) >= 11 is 0. The van der Waals surface area contributed by atoms with E-state index in [9.17, 15) is 0 Å². The van der Waals surface area contributed by atoms with Crippen molar-refractivity contribution in [3.8, 4) is 5.75 Å². The fraction of sp³-hybridized carbons (Fsp3) is 0.348. The molecule has 0 saturated heterocycles. The molecule has 0 amide bonds. The number of aryl methyl sites for hydroxylation is 3. The molecule has 0 fully saturated rings. The number of ether oxygens (including phenoxy) is 1. The standard InChI is InChI=1S/C23H28N2O/c1-19-3-5-20(6-4-19)7-9-22(17-25-16-15-24-18-25)10-8-21-11-13-23(26-2)14-12-21/h3-6,11-16,18,22H,7-10,17H2,1-2H3. The van der Waals surface area contributed by atoms with Crippen molar-refractivity contribution in [2.24, 2.45) is 5.92 Å². The van der Waals surface area contributed by atoms with E-state index in [1.165, 1.54) is 29.5 Å². The quantitative estimate of drug-likeness (QED) is 0.539. The second-order valence-corrected chi connectivity index (χ2v) is 7.04. The molecule has 0 aliphatic rings. The summed E-state index contributed by atoms with van der Waals surface area (Å²) in [5.74, 6) is 1.55. The van der Waals surface area contributed by atoms with Crippen LogP contribution in [0.15, 0.2) is 67.3 Å². The van der Waals surface area contributed by atoms with Crippen molar-refractivity contribution in [3.05, 3.63) is 83.9 Å². The van der Waals surface area contributed by atoms with E-state index in [0.717, 1.165) is 25.1 Å². The third-order valence-electron chi connectivity index (χ3n) is 4.99. The maximum absolute atomic E-state index is 5.25. The summed E-state index contributed by atoms with van der Waals surface area (Å²) in [6.07, 6.45) is 10.4. The van der Waals surface area contributed by atoms with Gasteiger partial charge in [-0.15, -0.1) is 0 Å². The van der Waals surface area contributed by atoms with Crippen LogP contribution in [0.3, 0.4) is 0 Å². The van der Waals surface area contributed by atoms with Gasteiger partial charge in [-0.2, -0.15) is 0 Å². The zero-order chi connectivity index (χ0) is 18.2. The molecule has 0 radical (unpaired) electrons.